The minimum Gasteiger partial charge on any atom is -0.307 e. The summed E-state index contributed by atoms with van der Waals surface area (Å²) in [4.78, 5) is 28.8. The van der Waals surface area contributed by atoms with E-state index in [2.05, 4.69) is 31.5 Å². The monoisotopic (exact) mass is 461 g/mol. The topological polar surface area (TPSA) is 71.1 Å². The number of urea groups is 1. The molecule has 0 aliphatic heterocycles. The third-order valence-corrected chi connectivity index (χ3v) is 5.68. The Morgan fingerprint density at radius 2 is 1.89 bits per heavy atom. The number of alkyl halides is 3. The van der Waals surface area contributed by atoms with Gasteiger partial charge in [-0.3, -0.25) is 10.1 Å². The lowest BCUT2D eigenvalue weighted by molar-refractivity contribution is -0.137. The number of nitrogens with zero attached hydrogens (tertiary/aromatic N) is 1. The molecular formula is C17H15BrF3N3O2S. The van der Waals surface area contributed by atoms with Crippen molar-refractivity contribution in [2.24, 2.45) is 5.92 Å². The van der Waals surface area contributed by atoms with Crippen LogP contribution in [0.2, 0.25) is 0 Å². The zero-order valence-electron chi connectivity index (χ0n) is 13.9. The number of Topliss-reactive ketones (excluding diaryl/α,β-unsaturated/α-hetero) is 1. The van der Waals surface area contributed by atoms with Crippen molar-refractivity contribution in [3.05, 3.63) is 39.3 Å². The van der Waals surface area contributed by atoms with Gasteiger partial charge in [-0.25, -0.2) is 9.78 Å². The Bertz CT molecular complexity index is 863. The maximum Gasteiger partial charge on any atom is 0.416 e. The van der Waals surface area contributed by atoms with Crippen LogP contribution in [0.5, 0.6) is 0 Å². The van der Waals surface area contributed by atoms with Gasteiger partial charge in [-0.1, -0.05) is 24.2 Å². The molecule has 1 aromatic carbocycles. The van der Waals surface area contributed by atoms with E-state index in [0.29, 0.717) is 21.8 Å². The second-order valence-electron chi connectivity index (χ2n) is 6.15. The number of rotatable bonds is 4. The first-order valence-electron chi connectivity index (χ1n) is 8.19. The number of aromatic nitrogens is 1. The highest BCUT2D eigenvalue weighted by atomic mass is 79.9. The van der Waals surface area contributed by atoms with E-state index in [9.17, 15) is 22.8 Å². The molecule has 1 fully saturated rings. The van der Waals surface area contributed by atoms with Crippen molar-refractivity contribution >= 4 is 49.9 Å². The van der Waals surface area contributed by atoms with Gasteiger partial charge < -0.3 is 5.32 Å². The van der Waals surface area contributed by atoms with Crippen LogP contribution in [0.15, 0.2) is 28.2 Å². The molecule has 10 heteroatoms. The molecule has 1 aliphatic rings. The molecule has 0 spiro atoms. The van der Waals surface area contributed by atoms with Crippen LogP contribution < -0.4 is 10.6 Å². The molecule has 1 aromatic heterocycles. The van der Waals surface area contributed by atoms with Crippen molar-refractivity contribution in [2.75, 3.05) is 10.6 Å². The number of hydrogen-bond donors (Lipinski definition) is 2. The first kappa shape index (κ1) is 19.8. The van der Waals surface area contributed by atoms with E-state index in [0.717, 1.165) is 31.0 Å². The number of ketones is 1. The van der Waals surface area contributed by atoms with Crippen LogP contribution in [0.4, 0.5) is 28.8 Å². The molecule has 5 nitrogen and oxygen atoms in total. The number of anilines is 2. The van der Waals surface area contributed by atoms with Crippen molar-refractivity contribution in [2.45, 2.75) is 31.9 Å². The number of amides is 2. The summed E-state index contributed by atoms with van der Waals surface area (Å²) in [5.41, 5.74) is -0.987. The molecule has 144 valence electrons. The van der Waals surface area contributed by atoms with Gasteiger partial charge in [-0.2, -0.15) is 13.2 Å². The van der Waals surface area contributed by atoms with E-state index < -0.39 is 17.8 Å². The van der Waals surface area contributed by atoms with Crippen molar-refractivity contribution in [1.82, 2.24) is 4.98 Å². The summed E-state index contributed by atoms with van der Waals surface area (Å²) in [5.74, 6) is -0.682. The van der Waals surface area contributed by atoms with E-state index in [1.807, 2.05) is 0 Å². The average molecular weight is 462 g/mol. The smallest absolute Gasteiger partial charge is 0.307 e. The predicted octanol–water partition coefficient (Wildman–Crippen LogP) is 5.94. The number of carbonyl (C=O) groups excluding carboxylic acids is 2. The number of halogens is 4. The molecule has 3 rings (SSSR count). The lowest BCUT2D eigenvalue weighted by Crippen LogP contribution is -2.22. The second-order valence-corrected chi connectivity index (χ2v) is 8.56. The van der Waals surface area contributed by atoms with E-state index in [1.54, 1.807) is 0 Å². The minimum absolute atomic E-state index is 0.0491. The molecule has 0 bridgehead atoms. The standard InChI is InChI=1S/C17H15BrF3N3O2S/c18-13-8-22-16(27-13)24-15(26)23-12-6-5-10(17(19,20)21)7-11(12)14(25)9-3-1-2-4-9/h5-9H,1-4H2,(H2,22,23,24,26). The third kappa shape index (κ3) is 4.86. The van der Waals surface area contributed by atoms with Crippen LogP contribution in [0, 0.1) is 5.92 Å². The van der Waals surface area contributed by atoms with Crippen molar-refractivity contribution in [3.8, 4) is 0 Å². The quantitative estimate of drug-likeness (QED) is 0.553. The SMILES string of the molecule is O=C(Nc1ncc(Br)s1)Nc1ccc(C(F)(F)F)cc1C(=O)C1CCCC1. The van der Waals surface area contributed by atoms with Gasteiger partial charge >= 0.3 is 12.2 Å². The normalized spacial score (nSPS) is 15.0. The maximum atomic E-state index is 13.1. The minimum atomic E-state index is -4.57. The van der Waals surface area contributed by atoms with E-state index >= 15 is 0 Å². The van der Waals surface area contributed by atoms with Crippen LogP contribution in [0.25, 0.3) is 0 Å². The fraction of sp³-hybridized carbons (Fsp3) is 0.353. The van der Waals surface area contributed by atoms with Gasteiger partial charge in [0.05, 0.1) is 21.2 Å². The molecule has 0 saturated heterocycles. The zero-order chi connectivity index (χ0) is 19.6. The summed E-state index contributed by atoms with van der Waals surface area (Å²) in [5, 5.41) is 5.26. The van der Waals surface area contributed by atoms with Crippen molar-refractivity contribution in [3.63, 3.8) is 0 Å². The van der Waals surface area contributed by atoms with Gasteiger partial charge in [0.15, 0.2) is 10.9 Å². The van der Waals surface area contributed by atoms with Crippen LogP contribution in [0.3, 0.4) is 0 Å². The fourth-order valence-electron chi connectivity index (χ4n) is 3.00. The molecule has 2 amide bonds. The highest BCUT2D eigenvalue weighted by Crippen LogP contribution is 2.35. The molecule has 27 heavy (non-hydrogen) atoms. The number of carbonyl (C=O) groups is 2. The summed E-state index contributed by atoms with van der Waals surface area (Å²) < 4.78 is 39.9. The highest BCUT2D eigenvalue weighted by Gasteiger charge is 2.33. The number of nitrogens with one attached hydrogen (secondary N) is 2. The van der Waals surface area contributed by atoms with Gasteiger partial charge in [0, 0.05) is 11.5 Å². The first-order chi connectivity index (χ1) is 12.7. The second kappa shape index (κ2) is 7.97. The Morgan fingerprint density at radius 1 is 1.19 bits per heavy atom. The summed E-state index contributed by atoms with van der Waals surface area (Å²) >= 11 is 4.40. The van der Waals surface area contributed by atoms with Gasteiger partial charge in [-0.05, 0) is 47.0 Å². The Morgan fingerprint density at radius 3 is 2.48 bits per heavy atom. The van der Waals surface area contributed by atoms with Crippen LogP contribution in [0.1, 0.15) is 41.6 Å². The first-order valence-corrected chi connectivity index (χ1v) is 9.80. The number of benzene rings is 1. The molecular weight excluding hydrogens is 447 g/mol. The Labute approximate surface area is 165 Å². The highest BCUT2D eigenvalue weighted by molar-refractivity contribution is 9.11. The Hall–Kier alpha value is -1.94. The molecule has 1 heterocycles. The molecule has 0 unspecified atom stereocenters. The van der Waals surface area contributed by atoms with E-state index in [4.69, 9.17) is 0 Å². The van der Waals surface area contributed by atoms with Crippen LogP contribution >= 0.6 is 27.3 Å². The molecule has 0 atom stereocenters. The summed E-state index contributed by atoms with van der Waals surface area (Å²) in [6.45, 7) is 0. The summed E-state index contributed by atoms with van der Waals surface area (Å²) in [6, 6.07) is 2.09. The molecule has 2 N–H and O–H groups in total. The lowest BCUT2D eigenvalue weighted by atomic mass is 9.93. The van der Waals surface area contributed by atoms with Crippen molar-refractivity contribution < 1.29 is 22.8 Å². The van der Waals surface area contributed by atoms with Crippen molar-refractivity contribution in [1.29, 1.82) is 0 Å². The molecule has 0 radical (unpaired) electrons. The maximum absolute atomic E-state index is 13.1. The fourth-order valence-corrected chi connectivity index (χ4v) is 4.11. The van der Waals surface area contributed by atoms with Gasteiger partial charge in [-0.15, -0.1) is 0 Å². The summed E-state index contributed by atoms with van der Waals surface area (Å²) in [7, 11) is 0. The third-order valence-electron chi connectivity index (χ3n) is 4.28. The largest absolute Gasteiger partial charge is 0.416 e. The number of thiazole rings is 1. The molecule has 1 saturated carbocycles. The van der Waals surface area contributed by atoms with E-state index in [-0.39, 0.29) is 23.0 Å². The Balaban J connectivity index is 1.86. The van der Waals surface area contributed by atoms with Crippen LogP contribution in [-0.4, -0.2) is 16.8 Å². The average Bonchev–Trinajstić information content (AvgIpc) is 3.25. The number of hydrogen-bond acceptors (Lipinski definition) is 4. The Kier molecular flexibility index (Phi) is 5.85. The summed E-state index contributed by atoms with van der Waals surface area (Å²) in [6.07, 6.45) is -0.0249. The molecule has 1 aliphatic carbocycles. The predicted molar refractivity (Wildman–Crippen MR) is 100 cm³/mol. The van der Waals surface area contributed by atoms with Gasteiger partial charge in [0.25, 0.3) is 0 Å². The van der Waals surface area contributed by atoms with E-state index in [1.165, 1.54) is 17.5 Å². The lowest BCUT2D eigenvalue weighted by Gasteiger charge is -2.16. The molecule has 2 aromatic rings. The zero-order valence-corrected chi connectivity index (χ0v) is 16.3. The van der Waals surface area contributed by atoms with Crippen LogP contribution in [-0.2, 0) is 6.18 Å². The van der Waals surface area contributed by atoms with Gasteiger partial charge in [0.1, 0.15) is 0 Å². The van der Waals surface area contributed by atoms with Gasteiger partial charge in [0.2, 0.25) is 0 Å².